The Hall–Kier alpha value is -3.59. The lowest BCUT2D eigenvalue weighted by Gasteiger charge is -2.35. The number of nitrogens with one attached hydrogen (secondary N) is 1. The highest BCUT2D eigenvalue weighted by Crippen LogP contribution is 2.15. The highest BCUT2D eigenvalue weighted by Gasteiger charge is 2.31. The van der Waals surface area contributed by atoms with Gasteiger partial charge in [0.1, 0.15) is 24.9 Å². The van der Waals surface area contributed by atoms with Crippen LogP contribution in [0.5, 0.6) is 5.75 Å². The summed E-state index contributed by atoms with van der Waals surface area (Å²) in [5.74, 6) is -1.68. The maximum Gasteiger partial charge on any atom is 0.326 e. The van der Waals surface area contributed by atoms with E-state index in [0.29, 0.717) is 11.4 Å². The maximum absolute atomic E-state index is 13.1. The number of carboxylic acid groups (broad SMARTS) is 1. The first-order valence-corrected chi connectivity index (χ1v) is 10.3. The van der Waals surface area contributed by atoms with Crippen LogP contribution in [0.4, 0.5) is 5.69 Å². The molecule has 2 rings (SSSR count). The van der Waals surface area contributed by atoms with Crippen LogP contribution >= 0.6 is 0 Å². The minimum absolute atomic E-state index is 0.0616. The summed E-state index contributed by atoms with van der Waals surface area (Å²) < 4.78 is 10.8. The second-order valence-electron chi connectivity index (χ2n) is 6.97. The number of benzene rings is 2. The zero-order chi connectivity index (χ0) is 23.5. The van der Waals surface area contributed by atoms with Crippen molar-refractivity contribution in [2.45, 2.75) is 25.9 Å². The molecule has 0 fully saturated rings. The number of esters is 1. The van der Waals surface area contributed by atoms with Crippen LogP contribution in [0.15, 0.2) is 60.7 Å². The number of nitrogens with zero attached hydrogens (tertiary/aromatic N) is 2. The van der Waals surface area contributed by atoms with Crippen molar-refractivity contribution in [2.24, 2.45) is 0 Å². The average Bonchev–Trinajstić information content (AvgIpc) is 2.80. The third-order valence-corrected chi connectivity index (χ3v) is 4.58. The molecule has 2 N–H and O–H groups in total. The highest BCUT2D eigenvalue weighted by molar-refractivity contribution is 5.87. The Morgan fingerprint density at radius 2 is 1.62 bits per heavy atom. The standard InChI is InChI=1S/C23H29N3O6/c1-4-31-23(30)20(16-32-19-13-9-6-10-14-19)24-17(2)22(29)26(15-21(27)28)25(3)18-11-7-5-8-12-18/h5-14,17,20,24H,4,15-16H2,1-3H3,(H,27,28)/t17?,20-/m0/s1. The fraction of sp³-hybridized carbons (Fsp3) is 0.348. The zero-order valence-electron chi connectivity index (χ0n) is 18.4. The molecule has 9 heteroatoms. The van der Waals surface area contributed by atoms with Crippen molar-refractivity contribution in [3.05, 3.63) is 60.7 Å². The minimum atomic E-state index is -1.16. The van der Waals surface area contributed by atoms with E-state index < -0.39 is 36.5 Å². The van der Waals surface area contributed by atoms with E-state index in [9.17, 15) is 19.5 Å². The van der Waals surface area contributed by atoms with Crippen LogP contribution in [0.25, 0.3) is 0 Å². The molecule has 2 aromatic carbocycles. The molecule has 0 aliphatic rings. The molecule has 1 amide bonds. The van der Waals surface area contributed by atoms with Crippen molar-refractivity contribution in [3.8, 4) is 5.75 Å². The smallest absolute Gasteiger partial charge is 0.326 e. The van der Waals surface area contributed by atoms with Gasteiger partial charge in [-0.05, 0) is 38.1 Å². The molecule has 9 nitrogen and oxygen atoms in total. The zero-order valence-corrected chi connectivity index (χ0v) is 18.4. The van der Waals surface area contributed by atoms with Crippen LogP contribution in [0.3, 0.4) is 0 Å². The maximum atomic E-state index is 13.1. The second kappa shape index (κ2) is 12.3. The van der Waals surface area contributed by atoms with Crippen LogP contribution in [0.2, 0.25) is 0 Å². The van der Waals surface area contributed by atoms with Crippen LogP contribution in [-0.4, -0.2) is 66.9 Å². The normalized spacial score (nSPS) is 12.3. The Kier molecular flexibility index (Phi) is 9.49. The number of hydrazine groups is 1. The molecular weight excluding hydrogens is 414 g/mol. The van der Waals surface area contributed by atoms with Gasteiger partial charge in [-0.1, -0.05) is 36.4 Å². The van der Waals surface area contributed by atoms with Crippen molar-refractivity contribution in [1.82, 2.24) is 10.3 Å². The molecule has 0 spiro atoms. The summed E-state index contributed by atoms with van der Waals surface area (Å²) in [6, 6.07) is 16.0. The summed E-state index contributed by atoms with van der Waals surface area (Å²) in [4.78, 5) is 37.0. The van der Waals surface area contributed by atoms with Gasteiger partial charge in [0.25, 0.3) is 5.91 Å². The van der Waals surface area contributed by atoms with E-state index >= 15 is 0 Å². The number of para-hydroxylation sites is 2. The number of carbonyl (C=O) groups excluding carboxylic acids is 2. The fourth-order valence-electron chi connectivity index (χ4n) is 2.96. The van der Waals surface area contributed by atoms with Gasteiger partial charge in [-0.3, -0.25) is 24.7 Å². The van der Waals surface area contributed by atoms with Crippen LogP contribution in [0, 0.1) is 0 Å². The van der Waals surface area contributed by atoms with Gasteiger partial charge in [0.15, 0.2) is 0 Å². The number of rotatable bonds is 12. The minimum Gasteiger partial charge on any atom is -0.491 e. The summed E-state index contributed by atoms with van der Waals surface area (Å²) in [7, 11) is 1.60. The Labute approximate surface area is 187 Å². The lowest BCUT2D eigenvalue weighted by Crippen LogP contribution is -2.57. The SMILES string of the molecule is CCOC(=O)[C@H](COc1ccccc1)NC(C)C(=O)N(CC(=O)O)N(C)c1ccccc1. The molecule has 0 bridgehead atoms. The number of carbonyl (C=O) groups is 3. The van der Waals surface area contributed by atoms with Crippen molar-refractivity contribution >= 4 is 23.5 Å². The molecule has 0 aromatic heterocycles. The fourth-order valence-corrected chi connectivity index (χ4v) is 2.96. The molecule has 0 aliphatic carbocycles. The first kappa shape index (κ1) is 24.7. The predicted octanol–water partition coefficient (Wildman–Crippen LogP) is 1.94. The van der Waals surface area contributed by atoms with E-state index in [4.69, 9.17) is 9.47 Å². The van der Waals surface area contributed by atoms with Gasteiger partial charge in [0.2, 0.25) is 0 Å². The molecule has 2 atom stereocenters. The summed E-state index contributed by atoms with van der Waals surface area (Å²) in [5, 5.41) is 14.8. The molecule has 1 unspecified atom stereocenters. The highest BCUT2D eigenvalue weighted by atomic mass is 16.5. The monoisotopic (exact) mass is 443 g/mol. The first-order valence-electron chi connectivity index (χ1n) is 10.3. The van der Waals surface area contributed by atoms with Crippen molar-refractivity contribution in [2.75, 3.05) is 31.8 Å². The van der Waals surface area contributed by atoms with Gasteiger partial charge in [-0.2, -0.15) is 0 Å². The molecule has 0 heterocycles. The van der Waals surface area contributed by atoms with Crippen LogP contribution < -0.4 is 15.1 Å². The number of hydrogen-bond acceptors (Lipinski definition) is 7. The number of aliphatic carboxylic acids is 1. The van der Waals surface area contributed by atoms with Crippen molar-refractivity contribution in [1.29, 1.82) is 0 Å². The molecule has 172 valence electrons. The first-order chi connectivity index (χ1) is 15.3. The number of anilines is 1. The van der Waals surface area contributed by atoms with Crippen LogP contribution in [-0.2, 0) is 19.1 Å². The topological polar surface area (TPSA) is 108 Å². The molecule has 32 heavy (non-hydrogen) atoms. The van der Waals surface area contributed by atoms with Gasteiger partial charge in [-0.15, -0.1) is 0 Å². The van der Waals surface area contributed by atoms with Crippen molar-refractivity contribution < 1.29 is 29.0 Å². The van der Waals surface area contributed by atoms with E-state index in [1.807, 2.05) is 12.1 Å². The third-order valence-electron chi connectivity index (χ3n) is 4.58. The number of ether oxygens (including phenoxy) is 2. The third kappa shape index (κ3) is 7.28. The van der Waals surface area contributed by atoms with Gasteiger partial charge in [-0.25, -0.2) is 5.01 Å². The molecule has 0 radical (unpaired) electrons. The Morgan fingerprint density at radius 1 is 1.03 bits per heavy atom. The largest absolute Gasteiger partial charge is 0.491 e. The average molecular weight is 444 g/mol. The van der Waals surface area contributed by atoms with E-state index in [0.717, 1.165) is 5.01 Å². The van der Waals surface area contributed by atoms with Gasteiger partial charge < -0.3 is 14.6 Å². The number of carboxylic acids is 1. The van der Waals surface area contributed by atoms with Gasteiger partial charge >= 0.3 is 11.9 Å². The quantitative estimate of drug-likeness (QED) is 0.379. The van der Waals surface area contributed by atoms with Crippen molar-refractivity contribution in [3.63, 3.8) is 0 Å². The van der Waals surface area contributed by atoms with E-state index in [2.05, 4.69) is 5.32 Å². The number of amides is 1. The molecule has 2 aromatic rings. The van der Waals surface area contributed by atoms with E-state index in [1.54, 1.807) is 69.4 Å². The molecule has 0 aliphatic heterocycles. The summed E-state index contributed by atoms with van der Waals surface area (Å²) >= 11 is 0. The lowest BCUT2D eigenvalue weighted by molar-refractivity contribution is -0.149. The van der Waals surface area contributed by atoms with E-state index in [1.165, 1.54) is 5.01 Å². The lowest BCUT2D eigenvalue weighted by atomic mass is 10.2. The Bertz CT molecular complexity index is 878. The Morgan fingerprint density at radius 3 is 2.19 bits per heavy atom. The van der Waals surface area contributed by atoms with Gasteiger partial charge in [0.05, 0.1) is 18.3 Å². The summed E-state index contributed by atoms with van der Waals surface area (Å²) in [6.45, 7) is 2.82. The Balaban J connectivity index is 2.14. The molecule has 0 saturated carbocycles. The molecular formula is C23H29N3O6. The van der Waals surface area contributed by atoms with Crippen LogP contribution in [0.1, 0.15) is 13.8 Å². The predicted molar refractivity (Wildman–Crippen MR) is 119 cm³/mol. The van der Waals surface area contributed by atoms with Gasteiger partial charge in [0, 0.05) is 7.05 Å². The summed E-state index contributed by atoms with van der Waals surface area (Å²) in [6.07, 6.45) is 0. The second-order valence-corrected chi connectivity index (χ2v) is 6.97. The summed E-state index contributed by atoms with van der Waals surface area (Å²) in [5.41, 5.74) is 0.642. The van der Waals surface area contributed by atoms with E-state index in [-0.39, 0.29) is 13.2 Å². The molecule has 0 saturated heterocycles. The number of hydrogen-bond donors (Lipinski definition) is 2.